The minimum absolute atomic E-state index is 0.0372. The highest BCUT2D eigenvalue weighted by molar-refractivity contribution is 9.08. The molecule has 1 amide bonds. The molecule has 0 saturated carbocycles. The molecule has 2 aromatic carbocycles. The Labute approximate surface area is 223 Å². The second-order valence-electron chi connectivity index (χ2n) is 10.8. The maximum absolute atomic E-state index is 13.7. The number of carbonyl (C=O) groups excluding carboxylic acids is 2. The number of phenolic OH excluding ortho intramolecular Hbond substituents is 1. The number of hydrogen-bond donors (Lipinski definition) is 1. The summed E-state index contributed by atoms with van der Waals surface area (Å²) in [6.45, 7) is 10.9. The predicted molar refractivity (Wildman–Crippen MR) is 149 cm³/mol. The van der Waals surface area contributed by atoms with E-state index in [1.54, 1.807) is 19.2 Å². The fourth-order valence-electron chi connectivity index (χ4n) is 5.03. The van der Waals surface area contributed by atoms with Crippen LogP contribution >= 0.6 is 16.1 Å². The molecule has 2 atom stereocenters. The van der Waals surface area contributed by atoms with Crippen molar-refractivity contribution in [1.29, 1.82) is 0 Å². The molecule has 0 aromatic heterocycles. The zero-order valence-electron chi connectivity index (χ0n) is 22.2. The molecule has 7 heteroatoms. The molecule has 3 rings (SSSR count). The van der Waals surface area contributed by atoms with Gasteiger partial charge in [0.2, 0.25) is 5.91 Å². The van der Waals surface area contributed by atoms with Crippen LogP contribution in [0.15, 0.2) is 46.5 Å². The van der Waals surface area contributed by atoms with Crippen molar-refractivity contribution in [3.05, 3.63) is 64.7 Å². The van der Waals surface area contributed by atoms with Crippen LogP contribution in [0.2, 0.25) is 0 Å². The molecule has 36 heavy (non-hydrogen) atoms. The molecular formula is C29H38BrN3O3. The molecule has 194 valence electrons. The van der Waals surface area contributed by atoms with Crippen molar-refractivity contribution in [2.24, 2.45) is 9.94 Å². The Hall–Kier alpha value is -2.67. The number of rotatable bonds is 8. The fourth-order valence-corrected chi connectivity index (χ4v) is 5.48. The smallest absolute Gasteiger partial charge is 0.219 e. The topological polar surface area (TPSA) is 73.2 Å². The molecule has 1 saturated heterocycles. The average Bonchev–Trinajstić information content (AvgIpc) is 3.16. The average molecular weight is 557 g/mol. The van der Waals surface area contributed by atoms with Gasteiger partial charge in [-0.15, -0.1) is 0 Å². The van der Waals surface area contributed by atoms with Crippen LogP contribution in [-0.4, -0.2) is 52.6 Å². The van der Waals surface area contributed by atoms with E-state index in [4.69, 9.17) is 0 Å². The van der Waals surface area contributed by atoms with E-state index in [2.05, 4.69) is 44.1 Å². The highest BCUT2D eigenvalue weighted by atomic mass is 79.9. The number of benzene rings is 2. The first-order valence-electron chi connectivity index (χ1n) is 12.6. The molecule has 1 aliphatic heterocycles. The number of hydrogen-bond acceptors (Lipinski definition) is 4. The van der Waals surface area contributed by atoms with Gasteiger partial charge in [-0.3, -0.25) is 9.59 Å². The molecule has 0 bridgehead atoms. The molecular weight excluding hydrogens is 518 g/mol. The number of phenols is 1. The van der Waals surface area contributed by atoms with Crippen LogP contribution < -0.4 is 0 Å². The van der Waals surface area contributed by atoms with Crippen molar-refractivity contribution in [2.75, 3.05) is 20.1 Å². The first-order chi connectivity index (χ1) is 17.0. The molecule has 1 aliphatic rings. The predicted octanol–water partition coefficient (Wildman–Crippen LogP) is 6.07. The lowest BCUT2D eigenvalue weighted by molar-refractivity contribution is -0.128. The third-order valence-corrected chi connectivity index (χ3v) is 7.39. The van der Waals surface area contributed by atoms with Crippen molar-refractivity contribution in [3.8, 4) is 5.75 Å². The minimum atomic E-state index is -0.370. The fraction of sp³-hybridized carbons (Fsp3) is 0.483. The summed E-state index contributed by atoms with van der Waals surface area (Å²) in [5.41, 5.74) is 2.64. The summed E-state index contributed by atoms with van der Waals surface area (Å²) in [6, 6.07) is 13.9. The second-order valence-corrected chi connectivity index (χ2v) is 11.2. The third kappa shape index (κ3) is 6.17. The zero-order chi connectivity index (χ0) is 26.6. The molecule has 0 aliphatic carbocycles. The summed E-state index contributed by atoms with van der Waals surface area (Å²) in [5.74, 6) is 1.37. The summed E-state index contributed by atoms with van der Waals surface area (Å²) in [7, 11) is 1.69. The molecule has 0 spiro atoms. The van der Waals surface area contributed by atoms with Crippen LogP contribution in [0.4, 0.5) is 0 Å². The van der Waals surface area contributed by atoms with Crippen molar-refractivity contribution >= 4 is 33.7 Å². The van der Waals surface area contributed by atoms with Crippen molar-refractivity contribution < 1.29 is 14.7 Å². The van der Waals surface area contributed by atoms with Gasteiger partial charge in [-0.1, -0.05) is 64.4 Å². The van der Waals surface area contributed by atoms with Gasteiger partial charge in [0.25, 0.3) is 0 Å². The SMILES string of the molecule is CCC[C@H]1CN(CC(=O)c2cc(CN(C)C(C)=O)c(O)c(C(C)(C)C)c2)/C(=N\Br)[C@@H]1c1ccccc1. The van der Waals surface area contributed by atoms with Crippen LogP contribution in [0.25, 0.3) is 0 Å². The van der Waals surface area contributed by atoms with Crippen molar-refractivity contribution in [1.82, 2.24) is 9.80 Å². The van der Waals surface area contributed by atoms with Gasteiger partial charge in [0, 0.05) is 49.7 Å². The first kappa shape index (κ1) is 27.9. The number of halogens is 1. The molecule has 1 fully saturated rings. The van der Waals surface area contributed by atoms with Crippen LogP contribution in [0.3, 0.4) is 0 Å². The Morgan fingerprint density at radius 1 is 1.19 bits per heavy atom. The van der Waals surface area contributed by atoms with Crippen molar-refractivity contribution in [2.45, 2.75) is 65.3 Å². The highest BCUT2D eigenvalue weighted by Gasteiger charge is 2.39. The molecule has 2 aromatic rings. The number of amides is 1. The Morgan fingerprint density at radius 2 is 1.86 bits per heavy atom. The van der Waals surface area contributed by atoms with Gasteiger partial charge in [-0.05, 0) is 35.4 Å². The first-order valence-corrected chi connectivity index (χ1v) is 13.3. The maximum atomic E-state index is 13.7. The molecule has 1 N–H and O–H groups in total. The molecule has 1 heterocycles. The third-order valence-electron chi connectivity index (χ3n) is 7.03. The van der Waals surface area contributed by atoms with E-state index in [-0.39, 0.29) is 41.9 Å². The lowest BCUT2D eigenvalue weighted by Crippen LogP contribution is -2.32. The van der Waals surface area contributed by atoms with Gasteiger partial charge in [0.05, 0.1) is 22.7 Å². The number of likely N-dealkylation sites (tertiary alicyclic amines) is 1. The van der Waals surface area contributed by atoms with Gasteiger partial charge >= 0.3 is 0 Å². The van der Waals surface area contributed by atoms with E-state index in [0.717, 1.165) is 25.2 Å². The summed E-state index contributed by atoms with van der Waals surface area (Å²) >= 11 is 3.34. The van der Waals surface area contributed by atoms with Crippen LogP contribution in [-0.2, 0) is 16.8 Å². The summed E-state index contributed by atoms with van der Waals surface area (Å²) in [4.78, 5) is 29.1. The number of Topliss-reactive ketones (excluding diaryl/α,β-unsaturated/α-hetero) is 1. The standard InChI is InChI=1S/C29H38BrN3O3/c1-7-11-21-17-33(28(31-30)26(21)20-12-9-8-10-13-20)18-25(35)22-14-23(16-32(6)19(2)34)27(36)24(15-22)29(3,4)5/h8-10,12-15,21,26,36H,7,11,16-18H2,1-6H3/b31-28-/t21-,26+/m0/s1. The van der Waals surface area contributed by atoms with Crippen LogP contribution in [0.1, 0.15) is 80.4 Å². The Morgan fingerprint density at radius 3 is 2.42 bits per heavy atom. The van der Waals surface area contributed by atoms with Gasteiger partial charge < -0.3 is 14.9 Å². The highest BCUT2D eigenvalue weighted by Crippen LogP contribution is 2.39. The largest absolute Gasteiger partial charge is 0.507 e. The zero-order valence-corrected chi connectivity index (χ0v) is 23.8. The van der Waals surface area contributed by atoms with Gasteiger partial charge in [0.1, 0.15) is 11.6 Å². The van der Waals surface area contributed by atoms with Crippen LogP contribution in [0.5, 0.6) is 5.75 Å². The lowest BCUT2D eigenvalue weighted by Gasteiger charge is -2.25. The summed E-state index contributed by atoms with van der Waals surface area (Å²) in [6.07, 6.45) is 2.11. The van der Waals surface area contributed by atoms with Crippen molar-refractivity contribution in [3.63, 3.8) is 0 Å². The number of carbonyl (C=O) groups is 2. The van der Waals surface area contributed by atoms with Gasteiger partial charge in [0.15, 0.2) is 5.78 Å². The number of amidine groups is 1. The van der Waals surface area contributed by atoms with E-state index in [0.29, 0.717) is 22.6 Å². The Bertz CT molecular complexity index is 1120. The van der Waals surface area contributed by atoms with Gasteiger partial charge in [-0.25, -0.2) is 0 Å². The number of ketones is 1. The van der Waals surface area contributed by atoms with E-state index < -0.39 is 0 Å². The lowest BCUT2D eigenvalue weighted by atomic mass is 9.83. The number of aromatic hydroxyl groups is 1. The quantitative estimate of drug-likeness (QED) is 0.401. The van der Waals surface area contributed by atoms with E-state index in [1.165, 1.54) is 17.4 Å². The van der Waals surface area contributed by atoms with E-state index in [1.807, 2.05) is 39.0 Å². The number of nitrogens with zero attached hydrogens (tertiary/aromatic N) is 3. The monoisotopic (exact) mass is 555 g/mol. The maximum Gasteiger partial charge on any atom is 0.219 e. The van der Waals surface area contributed by atoms with E-state index in [9.17, 15) is 14.7 Å². The Kier molecular flexibility index (Phi) is 8.98. The minimum Gasteiger partial charge on any atom is -0.507 e. The molecule has 0 radical (unpaired) electrons. The summed E-state index contributed by atoms with van der Waals surface area (Å²) in [5, 5.41) is 11.0. The molecule has 0 unspecified atom stereocenters. The van der Waals surface area contributed by atoms with Gasteiger partial charge in [-0.2, -0.15) is 4.02 Å². The van der Waals surface area contributed by atoms with Crippen LogP contribution in [0, 0.1) is 5.92 Å². The Balaban J connectivity index is 1.95. The van der Waals surface area contributed by atoms with E-state index >= 15 is 0 Å². The summed E-state index contributed by atoms with van der Waals surface area (Å²) < 4.78 is 4.47. The normalized spacial score (nSPS) is 19.1. The molecule has 6 nitrogen and oxygen atoms in total. The second kappa shape index (κ2) is 11.6.